The van der Waals surface area contributed by atoms with Gasteiger partial charge in [-0.2, -0.15) is 0 Å². The van der Waals surface area contributed by atoms with Crippen LogP contribution in [0.4, 0.5) is 5.95 Å². The zero-order chi connectivity index (χ0) is 16.4. The average molecular weight is 354 g/mol. The van der Waals surface area contributed by atoms with Gasteiger partial charge in [0.15, 0.2) is 0 Å². The highest BCUT2D eigenvalue weighted by atomic mass is 35.5. The molecule has 3 heterocycles. The second-order valence-electron chi connectivity index (χ2n) is 7.89. The second kappa shape index (κ2) is 7.98. The summed E-state index contributed by atoms with van der Waals surface area (Å²) in [5.41, 5.74) is 2.68. The first-order valence-electron chi connectivity index (χ1n) is 8.99. The van der Waals surface area contributed by atoms with Crippen LogP contribution < -0.4 is 10.2 Å². The number of nitrogens with zero attached hydrogens (tertiary/aromatic N) is 4. The van der Waals surface area contributed by atoms with Crippen LogP contribution in [0.25, 0.3) is 0 Å². The monoisotopic (exact) mass is 353 g/mol. The minimum Gasteiger partial charge on any atom is -0.338 e. The maximum Gasteiger partial charge on any atom is 0.225 e. The van der Waals surface area contributed by atoms with Gasteiger partial charge in [0.05, 0.1) is 0 Å². The van der Waals surface area contributed by atoms with Crippen LogP contribution in [0.5, 0.6) is 0 Å². The van der Waals surface area contributed by atoms with E-state index in [0.717, 1.165) is 50.1 Å². The fraction of sp³-hybridized carbons (Fsp3) is 0.778. The van der Waals surface area contributed by atoms with E-state index in [2.05, 4.69) is 53.9 Å². The van der Waals surface area contributed by atoms with Crippen molar-refractivity contribution >= 4 is 18.4 Å². The highest BCUT2D eigenvalue weighted by Gasteiger charge is 2.32. The molecule has 5 nitrogen and oxygen atoms in total. The van der Waals surface area contributed by atoms with Crippen molar-refractivity contribution in [2.75, 3.05) is 50.7 Å². The molecule has 1 N–H and O–H groups in total. The van der Waals surface area contributed by atoms with E-state index in [-0.39, 0.29) is 12.4 Å². The Morgan fingerprint density at radius 1 is 1.21 bits per heavy atom. The fourth-order valence-electron chi connectivity index (χ4n) is 3.66. The molecule has 2 aliphatic heterocycles. The molecule has 2 aliphatic rings. The summed E-state index contributed by atoms with van der Waals surface area (Å²) < 4.78 is 0. The van der Waals surface area contributed by atoms with Crippen molar-refractivity contribution in [3.8, 4) is 0 Å². The van der Waals surface area contributed by atoms with E-state index in [9.17, 15) is 0 Å². The van der Waals surface area contributed by atoms with E-state index in [4.69, 9.17) is 4.98 Å². The van der Waals surface area contributed by atoms with E-state index < -0.39 is 0 Å². The first-order chi connectivity index (χ1) is 11.0. The molecule has 1 aromatic heterocycles. The molecule has 1 aromatic rings. The van der Waals surface area contributed by atoms with Crippen LogP contribution in [0.1, 0.15) is 44.5 Å². The van der Waals surface area contributed by atoms with Crippen molar-refractivity contribution in [3.63, 3.8) is 0 Å². The Hall–Kier alpha value is -0.910. The molecular weight excluding hydrogens is 322 g/mol. The molecule has 0 aromatic carbocycles. The van der Waals surface area contributed by atoms with Gasteiger partial charge in [0.1, 0.15) is 0 Å². The van der Waals surface area contributed by atoms with Crippen LogP contribution >= 0.6 is 12.4 Å². The molecule has 136 valence electrons. The molecule has 0 aliphatic carbocycles. The minimum atomic E-state index is 0. The Kier molecular flexibility index (Phi) is 6.46. The number of aryl methyl sites for hydroxylation is 1. The molecule has 0 amide bonds. The summed E-state index contributed by atoms with van der Waals surface area (Å²) in [7, 11) is 0. The molecule has 1 unspecified atom stereocenters. The Bertz CT molecular complexity index is 534. The third-order valence-electron chi connectivity index (χ3n) is 5.17. The van der Waals surface area contributed by atoms with Crippen molar-refractivity contribution in [3.05, 3.63) is 17.5 Å². The summed E-state index contributed by atoms with van der Waals surface area (Å²) in [5, 5.41) is 3.50. The Morgan fingerprint density at radius 2 is 1.92 bits per heavy atom. The number of hydrogen-bond acceptors (Lipinski definition) is 5. The molecule has 0 radical (unpaired) electrons. The number of rotatable bonds is 4. The number of halogens is 1. The molecule has 0 saturated carbocycles. The van der Waals surface area contributed by atoms with E-state index in [1.54, 1.807) is 0 Å². The lowest BCUT2D eigenvalue weighted by molar-refractivity contribution is 0.169. The lowest BCUT2D eigenvalue weighted by Crippen LogP contribution is -2.50. The van der Waals surface area contributed by atoms with Gasteiger partial charge in [-0.1, -0.05) is 20.8 Å². The van der Waals surface area contributed by atoms with E-state index >= 15 is 0 Å². The number of aromatic nitrogens is 2. The van der Waals surface area contributed by atoms with Crippen LogP contribution in [-0.2, 0) is 0 Å². The third kappa shape index (κ3) is 4.58. The zero-order valence-corrected chi connectivity index (χ0v) is 16.3. The largest absolute Gasteiger partial charge is 0.338 e. The summed E-state index contributed by atoms with van der Waals surface area (Å²) >= 11 is 0. The maximum absolute atomic E-state index is 4.79. The average Bonchev–Trinajstić information content (AvgIpc) is 2.93. The molecule has 2 saturated heterocycles. The van der Waals surface area contributed by atoms with Gasteiger partial charge in [0, 0.05) is 50.7 Å². The molecule has 3 rings (SSSR count). The maximum atomic E-state index is 4.79. The molecule has 24 heavy (non-hydrogen) atoms. The lowest BCUT2D eigenvalue weighted by atomic mass is 9.89. The molecular formula is C18H32ClN5. The van der Waals surface area contributed by atoms with E-state index in [1.165, 1.54) is 19.5 Å². The van der Waals surface area contributed by atoms with Crippen LogP contribution in [-0.4, -0.2) is 60.7 Å². The van der Waals surface area contributed by atoms with Gasteiger partial charge in [-0.25, -0.2) is 9.97 Å². The van der Waals surface area contributed by atoms with Crippen molar-refractivity contribution in [2.24, 2.45) is 5.41 Å². The SMILES string of the molecule is Cc1cc(C(C)C)nc(N2CCN(CC3(C)CCNC3)CC2)n1.Cl. The topological polar surface area (TPSA) is 44.3 Å². The van der Waals surface area contributed by atoms with Gasteiger partial charge in [0.2, 0.25) is 5.95 Å². The summed E-state index contributed by atoms with van der Waals surface area (Å²) in [5.74, 6) is 1.37. The standard InChI is InChI=1S/C18H31N5.ClH/c1-14(2)16-11-15(3)20-17(21-16)23-9-7-22(8-10-23)13-18(4)5-6-19-12-18;/h11,14,19H,5-10,12-13H2,1-4H3;1H. The summed E-state index contributed by atoms with van der Waals surface area (Å²) in [6.45, 7) is 16.7. The predicted octanol–water partition coefficient (Wildman–Crippen LogP) is 2.45. The van der Waals surface area contributed by atoms with Crippen molar-refractivity contribution < 1.29 is 0 Å². The van der Waals surface area contributed by atoms with Gasteiger partial charge < -0.3 is 10.2 Å². The van der Waals surface area contributed by atoms with Crippen molar-refractivity contribution in [1.82, 2.24) is 20.2 Å². The normalized spacial score (nSPS) is 25.1. The Labute approximate surface area is 152 Å². The smallest absolute Gasteiger partial charge is 0.225 e. The van der Waals surface area contributed by atoms with E-state index in [1.807, 2.05) is 0 Å². The van der Waals surface area contributed by atoms with Crippen LogP contribution in [0, 0.1) is 12.3 Å². The lowest BCUT2D eigenvalue weighted by Gasteiger charge is -2.38. The minimum absolute atomic E-state index is 0. The first-order valence-corrected chi connectivity index (χ1v) is 8.99. The fourth-order valence-corrected chi connectivity index (χ4v) is 3.66. The second-order valence-corrected chi connectivity index (χ2v) is 7.89. The van der Waals surface area contributed by atoms with Gasteiger partial charge >= 0.3 is 0 Å². The van der Waals surface area contributed by atoms with Gasteiger partial charge in [-0.15, -0.1) is 12.4 Å². The number of hydrogen-bond donors (Lipinski definition) is 1. The summed E-state index contributed by atoms with van der Waals surface area (Å²) in [4.78, 5) is 14.4. The Balaban J connectivity index is 0.00000208. The number of nitrogens with one attached hydrogen (secondary N) is 1. The Morgan fingerprint density at radius 3 is 2.50 bits per heavy atom. The first kappa shape index (κ1) is 19.4. The zero-order valence-electron chi connectivity index (χ0n) is 15.5. The number of anilines is 1. The molecule has 0 bridgehead atoms. The van der Waals surface area contributed by atoms with Crippen molar-refractivity contribution in [2.45, 2.75) is 40.0 Å². The van der Waals surface area contributed by atoms with E-state index in [0.29, 0.717) is 11.3 Å². The van der Waals surface area contributed by atoms with Crippen LogP contribution in [0.2, 0.25) is 0 Å². The summed E-state index contributed by atoms with van der Waals surface area (Å²) in [6, 6.07) is 2.11. The molecule has 6 heteroatoms. The molecule has 1 atom stereocenters. The van der Waals surface area contributed by atoms with Crippen LogP contribution in [0.15, 0.2) is 6.07 Å². The van der Waals surface area contributed by atoms with Crippen molar-refractivity contribution in [1.29, 1.82) is 0 Å². The quantitative estimate of drug-likeness (QED) is 0.900. The van der Waals surface area contributed by atoms with Gasteiger partial charge in [-0.05, 0) is 37.3 Å². The third-order valence-corrected chi connectivity index (χ3v) is 5.17. The van der Waals surface area contributed by atoms with Crippen LogP contribution in [0.3, 0.4) is 0 Å². The molecule has 2 fully saturated rings. The number of piperazine rings is 1. The highest BCUT2D eigenvalue weighted by molar-refractivity contribution is 5.85. The van der Waals surface area contributed by atoms with Gasteiger partial charge in [-0.3, -0.25) is 4.90 Å². The summed E-state index contributed by atoms with van der Waals surface area (Å²) in [6.07, 6.45) is 1.30. The molecule has 0 spiro atoms. The predicted molar refractivity (Wildman–Crippen MR) is 102 cm³/mol. The van der Waals surface area contributed by atoms with Gasteiger partial charge in [0.25, 0.3) is 0 Å². The highest BCUT2D eigenvalue weighted by Crippen LogP contribution is 2.26.